The Kier molecular flexibility index (Phi) is 2.93. The fraction of sp³-hybridized carbons (Fsp3) is 0.500. The molecule has 0 aliphatic carbocycles. The summed E-state index contributed by atoms with van der Waals surface area (Å²) in [5.74, 6) is 0. The third kappa shape index (κ3) is 2.06. The Hall–Kier alpha value is -1.39. The van der Waals surface area contributed by atoms with Crippen LogP contribution >= 0.6 is 0 Å². The molecule has 2 rings (SSSR count). The molecule has 0 bridgehead atoms. The van der Waals surface area contributed by atoms with Crippen molar-refractivity contribution in [3.63, 3.8) is 0 Å². The largest absolute Gasteiger partial charge is 0.418 e. The average Bonchev–Trinajstić information content (AvgIpc) is 2.27. The first-order valence-corrected chi connectivity index (χ1v) is 5.66. The molecule has 1 aromatic rings. The van der Waals surface area contributed by atoms with Gasteiger partial charge < -0.3 is 10.2 Å². The number of halogens is 3. The number of benzene rings is 1. The minimum absolute atomic E-state index is 0.0657. The Morgan fingerprint density at radius 3 is 2.71 bits per heavy atom. The van der Waals surface area contributed by atoms with Crippen molar-refractivity contribution >= 4 is 11.4 Å². The van der Waals surface area contributed by atoms with Crippen molar-refractivity contribution in [2.45, 2.75) is 26.1 Å². The maximum atomic E-state index is 13.0. The lowest BCUT2D eigenvalue weighted by Crippen LogP contribution is -2.43. The summed E-state index contributed by atoms with van der Waals surface area (Å²) < 4.78 is 38.9. The number of fused-ring (bicyclic) bond motifs is 1. The minimum atomic E-state index is -4.31. The fourth-order valence-corrected chi connectivity index (χ4v) is 2.28. The standard InChI is InChI=1S/C12H15F3N2/c1-3-17-8(2)7-16-10-6-4-5-9(11(10)17)12(13,14)15/h4-6,8,16H,3,7H2,1-2H3. The van der Waals surface area contributed by atoms with Crippen LogP contribution in [0.1, 0.15) is 19.4 Å². The van der Waals surface area contributed by atoms with Gasteiger partial charge in [0, 0.05) is 19.1 Å². The van der Waals surface area contributed by atoms with Crippen molar-refractivity contribution in [2.75, 3.05) is 23.3 Å². The Morgan fingerprint density at radius 2 is 2.12 bits per heavy atom. The highest BCUT2D eigenvalue weighted by molar-refractivity contribution is 5.76. The summed E-state index contributed by atoms with van der Waals surface area (Å²) in [4.78, 5) is 1.80. The van der Waals surface area contributed by atoms with Crippen molar-refractivity contribution in [1.29, 1.82) is 0 Å². The number of anilines is 2. The van der Waals surface area contributed by atoms with Crippen LogP contribution in [0.25, 0.3) is 0 Å². The van der Waals surface area contributed by atoms with Crippen molar-refractivity contribution in [3.05, 3.63) is 23.8 Å². The van der Waals surface area contributed by atoms with Crippen molar-refractivity contribution in [3.8, 4) is 0 Å². The molecule has 0 spiro atoms. The number of likely N-dealkylation sites (N-methyl/N-ethyl adjacent to an activating group) is 1. The van der Waals surface area contributed by atoms with Crippen LogP contribution in [-0.2, 0) is 6.18 Å². The van der Waals surface area contributed by atoms with Crippen molar-refractivity contribution in [1.82, 2.24) is 0 Å². The lowest BCUT2D eigenvalue weighted by Gasteiger charge is -2.38. The monoisotopic (exact) mass is 244 g/mol. The molecule has 0 saturated carbocycles. The molecule has 17 heavy (non-hydrogen) atoms. The number of hydrogen-bond acceptors (Lipinski definition) is 2. The summed E-state index contributed by atoms with van der Waals surface area (Å²) in [7, 11) is 0. The summed E-state index contributed by atoms with van der Waals surface area (Å²) in [5, 5.41) is 3.05. The van der Waals surface area contributed by atoms with Gasteiger partial charge in [0.05, 0.1) is 16.9 Å². The maximum Gasteiger partial charge on any atom is 0.418 e. The molecule has 0 fully saturated rings. The first-order valence-electron chi connectivity index (χ1n) is 5.66. The van der Waals surface area contributed by atoms with Crippen LogP contribution in [0.2, 0.25) is 0 Å². The van der Waals surface area contributed by atoms with Crippen LogP contribution in [0, 0.1) is 0 Å². The lowest BCUT2D eigenvalue weighted by atomic mass is 10.0. The van der Waals surface area contributed by atoms with Gasteiger partial charge in [0.25, 0.3) is 0 Å². The molecule has 0 radical (unpaired) electrons. The quantitative estimate of drug-likeness (QED) is 0.815. The molecular formula is C12H15F3N2. The second-order valence-electron chi connectivity index (χ2n) is 4.22. The first-order chi connectivity index (χ1) is 7.95. The second kappa shape index (κ2) is 4.13. The highest BCUT2D eigenvalue weighted by Crippen LogP contribution is 2.42. The van der Waals surface area contributed by atoms with E-state index in [1.807, 2.05) is 13.8 Å². The molecule has 1 heterocycles. The molecule has 94 valence electrons. The number of nitrogens with one attached hydrogen (secondary N) is 1. The van der Waals surface area contributed by atoms with Gasteiger partial charge in [0.15, 0.2) is 0 Å². The lowest BCUT2D eigenvalue weighted by molar-refractivity contribution is -0.137. The van der Waals surface area contributed by atoms with E-state index >= 15 is 0 Å². The van der Waals surface area contributed by atoms with E-state index in [0.29, 0.717) is 18.8 Å². The van der Waals surface area contributed by atoms with E-state index < -0.39 is 11.7 Å². The molecule has 1 aromatic carbocycles. The highest BCUT2D eigenvalue weighted by atomic mass is 19.4. The van der Waals surface area contributed by atoms with E-state index in [1.165, 1.54) is 6.07 Å². The minimum Gasteiger partial charge on any atom is -0.381 e. The van der Waals surface area contributed by atoms with Crippen LogP contribution in [0.15, 0.2) is 18.2 Å². The number of rotatable bonds is 1. The normalized spacial score (nSPS) is 19.8. The van der Waals surface area contributed by atoms with Crippen LogP contribution < -0.4 is 10.2 Å². The molecule has 0 saturated heterocycles. The number of hydrogen-bond donors (Lipinski definition) is 1. The Labute approximate surface area is 98.4 Å². The molecule has 0 aromatic heterocycles. The predicted molar refractivity (Wildman–Crippen MR) is 62.4 cm³/mol. The maximum absolute atomic E-state index is 13.0. The second-order valence-corrected chi connectivity index (χ2v) is 4.22. The smallest absolute Gasteiger partial charge is 0.381 e. The van der Waals surface area contributed by atoms with Crippen LogP contribution in [0.5, 0.6) is 0 Å². The first kappa shape index (κ1) is 12.1. The molecule has 2 nitrogen and oxygen atoms in total. The summed E-state index contributed by atoms with van der Waals surface area (Å²) in [6.07, 6.45) is -4.31. The predicted octanol–water partition coefficient (Wildman–Crippen LogP) is 3.35. The molecule has 1 atom stereocenters. The fourth-order valence-electron chi connectivity index (χ4n) is 2.28. The van der Waals surface area contributed by atoms with Crippen LogP contribution in [-0.4, -0.2) is 19.1 Å². The van der Waals surface area contributed by atoms with Gasteiger partial charge in [-0.1, -0.05) is 6.07 Å². The van der Waals surface area contributed by atoms with Gasteiger partial charge in [-0.2, -0.15) is 13.2 Å². The Morgan fingerprint density at radius 1 is 1.41 bits per heavy atom. The third-order valence-corrected chi connectivity index (χ3v) is 3.09. The summed E-state index contributed by atoms with van der Waals surface area (Å²) >= 11 is 0. The van der Waals surface area contributed by atoms with Crippen molar-refractivity contribution < 1.29 is 13.2 Å². The van der Waals surface area contributed by atoms with Crippen LogP contribution in [0.3, 0.4) is 0 Å². The molecule has 1 unspecified atom stereocenters. The van der Waals surface area contributed by atoms with Gasteiger partial charge in [0.2, 0.25) is 0 Å². The molecule has 1 aliphatic heterocycles. The summed E-state index contributed by atoms with van der Waals surface area (Å²) in [5.41, 5.74) is 0.289. The average molecular weight is 244 g/mol. The third-order valence-electron chi connectivity index (χ3n) is 3.09. The van der Waals surface area contributed by atoms with Gasteiger partial charge in [0.1, 0.15) is 0 Å². The van der Waals surface area contributed by atoms with E-state index in [9.17, 15) is 13.2 Å². The molecule has 5 heteroatoms. The molecule has 0 amide bonds. The topological polar surface area (TPSA) is 15.3 Å². The number of alkyl halides is 3. The summed E-state index contributed by atoms with van der Waals surface area (Å²) in [6.45, 7) is 5.04. The van der Waals surface area contributed by atoms with Gasteiger partial charge in [-0.25, -0.2) is 0 Å². The Balaban J connectivity index is 2.58. The SMILES string of the molecule is CCN1c2c(cccc2C(F)(F)F)NCC1C. The van der Waals surface area contributed by atoms with Gasteiger partial charge in [-0.05, 0) is 26.0 Å². The number of nitrogens with zero attached hydrogens (tertiary/aromatic N) is 1. The van der Waals surface area contributed by atoms with E-state index in [0.717, 1.165) is 6.07 Å². The van der Waals surface area contributed by atoms with E-state index in [1.54, 1.807) is 11.0 Å². The van der Waals surface area contributed by atoms with Crippen molar-refractivity contribution in [2.24, 2.45) is 0 Å². The molecule has 1 aliphatic rings. The molecule has 1 N–H and O–H groups in total. The zero-order chi connectivity index (χ0) is 12.6. The van der Waals surface area contributed by atoms with E-state index in [2.05, 4.69) is 5.32 Å². The zero-order valence-electron chi connectivity index (χ0n) is 9.80. The highest BCUT2D eigenvalue weighted by Gasteiger charge is 2.37. The Bertz CT molecular complexity index is 415. The molecular weight excluding hydrogens is 229 g/mol. The van der Waals surface area contributed by atoms with Gasteiger partial charge in [-0.15, -0.1) is 0 Å². The van der Waals surface area contributed by atoms with Gasteiger partial charge >= 0.3 is 6.18 Å². The number of para-hydroxylation sites is 1. The van der Waals surface area contributed by atoms with Gasteiger partial charge in [-0.3, -0.25) is 0 Å². The van der Waals surface area contributed by atoms with E-state index in [-0.39, 0.29) is 11.7 Å². The van der Waals surface area contributed by atoms with Crippen LogP contribution in [0.4, 0.5) is 24.5 Å². The summed E-state index contributed by atoms with van der Waals surface area (Å²) in [6, 6.07) is 4.34. The van der Waals surface area contributed by atoms with E-state index in [4.69, 9.17) is 0 Å². The zero-order valence-corrected chi connectivity index (χ0v) is 9.80.